The molecule has 2 aliphatic rings. The molecule has 2 bridgehead atoms. The quantitative estimate of drug-likeness (QED) is 0.390. The van der Waals surface area contributed by atoms with Gasteiger partial charge in [0.05, 0.1) is 18.6 Å². The molecule has 0 radical (unpaired) electrons. The summed E-state index contributed by atoms with van der Waals surface area (Å²) < 4.78 is 11.0. The molecule has 4 heteroatoms. The van der Waals surface area contributed by atoms with Crippen LogP contribution in [-0.2, 0) is 19.1 Å². The highest BCUT2D eigenvalue weighted by molar-refractivity contribution is 5.84. The molecule has 4 atom stereocenters. The van der Waals surface area contributed by atoms with Gasteiger partial charge in [-0.3, -0.25) is 9.59 Å². The van der Waals surface area contributed by atoms with Crippen molar-refractivity contribution in [1.82, 2.24) is 0 Å². The normalized spacial score (nSPS) is 32.3. The van der Waals surface area contributed by atoms with Gasteiger partial charge < -0.3 is 9.47 Å². The van der Waals surface area contributed by atoms with Gasteiger partial charge in [-0.1, -0.05) is 39.2 Å². The van der Waals surface area contributed by atoms with E-state index in [0.29, 0.717) is 18.9 Å². The smallest absolute Gasteiger partial charge is 0.312 e. The number of carbonyl (C=O) groups excluding carboxylic acids is 2. The third kappa shape index (κ3) is 2.95. The van der Waals surface area contributed by atoms with Crippen molar-refractivity contribution < 1.29 is 19.1 Å². The van der Waals surface area contributed by atoms with Crippen LogP contribution in [0.1, 0.15) is 46.0 Å². The second kappa shape index (κ2) is 6.53. The summed E-state index contributed by atoms with van der Waals surface area (Å²) in [7, 11) is 0. The lowest BCUT2D eigenvalue weighted by atomic mass is 9.84. The van der Waals surface area contributed by atoms with E-state index >= 15 is 0 Å². The number of carbonyl (C=O) groups is 2. The molecule has 0 aromatic carbocycles. The Kier molecular flexibility index (Phi) is 4.97. The molecule has 1 saturated heterocycles. The van der Waals surface area contributed by atoms with Gasteiger partial charge >= 0.3 is 5.97 Å². The van der Waals surface area contributed by atoms with Crippen LogP contribution < -0.4 is 0 Å². The van der Waals surface area contributed by atoms with Crippen LogP contribution >= 0.6 is 0 Å². The summed E-state index contributed by atoms with van der Waals surface area (Å²) >= 11 is 0. The lowest BCUT2D eigenvalue weighted by Crippen LogP contribution is -2.40. The summed E-state index contributed by atoms with van der Waals surface area (Å²) in [5, 5.41) is 0. The van der Waals surface area contributed by atoms with Crippen LogP contribution in [0.5, 0.6) is 0 Å². The van der Waals surface area contributed by atoms with Crippen molar-refractivity contribution in [1.29, 1.82) is 0 Å². The van der Waals surface area contributed by atoms with E-state index in [9.17, 15) is 9.59 Å². The maximum Gasteiger partial charge on any atom is 0.312 e. The number of unbranched alkanes of at least 4 members (excludes halogenated alkanes) is 1. The Bertz CT molecular complexity index is 390. The second-order valence-electron chi connectivity index (χ2n) is 5.82. The number of hydrogen-bond donors (Lipinski definition) is 0. The summed E-state index contributed by atoms with van der Waals surface area (Å²) in [6, 6.07) is 0. The average molecular weight is 280 g/mol. The highest BCUT2D eigenvalue weighted by Gasteiger charge is 2.54. The SMILES string of the molecule is CCCCC(CC)COC(=O)C1CC2C=CC1(C=O)O2. The minimum Gasteiger partial charge on any atom is -0.465 e. The molecular formula is C16H24O4. The predicted octanol–water partition coefficient (Wildman–Crippen LogP) is 2.66. The molecule has 0 N–H and O–H groups in total. The van der Waals surface area contributed by atoms with E-state index in [1.54, 1.807) is 6.08 Å². The predicted molar refractivity (Wildman–Crippen MR) is 75.2 cm³/mol. The van der Waals surface area contributed by atoms with E-state index < -0.39 is 11.5 Å². The minimum absolute atomic E-state index is 0.111. The summed E-state index contributed by atoms with van der Waals surface area (Å²) in [6.07, 6.45) is 9.14. The largest absolute Gasteiger partial charge is 0.465 e. The van der Waals surface area contributed by atoms with E-state index in [0.717, 1.165) is 32.0 Å². The Morgan fingerprint density at radius 3 is 2.95 bits per heavy atom. The fourth-order valence-electron chi connectivity index (χ4n) is 2.97. The van der Waals surface area contributed by atoms with E-state index in [2.05, 4.69) is 13.8 Å². The Morgan fingerprint density at radius 1 is 1.55 bits per heavy atom. The maximum absolute atomic E-state index is 12.2. The van der Waals surface area contributed by atoms with Crippen LogP contribution in [0.4, 0.5) is 0 Å². The van der Waals surface area contributed by atoms with Gasteiger partial charge in [-0.2, -0.15) is 0 Å². The van der Waals surface area contributed by atoms with Crippen molar-refractivity contribution in [3.63, 3.8) is 0 Å². The number of hydrogen-bond acceptors (Lipinski definition) is 4. The van der Waals surface area contributed by atoms with Crippen molar-refractivity contribution in [2.75, 3.05) is 6.61 Å². The van der Waals surface area contributed by atoms with Crippen LogP contribution in [0.25, 0.3) is 0 Å². The number of rotatable bonds is 8. The van der Waals surface area contributed by atoms with E-state index in [4.69, 9.17) is 9.47 Å². The molecule has 0 aromatic heterocycles. The highest BCUT2D eigenvalue weighted by Crippen LogP contribution is 2.42. The minimum atomic E-state index is -1.06. The first-order valence-electron chi connectivity index (χ1n) is 7.65. The molecule has 0 saturated carbocycles. The molecule has 20 heavy (non-hydrogen) atoms. The number of aldehydes is 1. The summed E-state index contributed by atoms with van der Waals surface area (Å²) in [4.78, 5) is 23.5. The van der Waals surface area contributed by atoms with Crippen LogP contribution in [0, 0.1) is 11.8 Å². The lowest BCUT2D eigenvalue weighted by molar-refractivity contribution is -0.156. The Hall–Kier alpha value is -1.16. The first-order valence-corrected chi connectivity index (χ1v) is 7.65. The van der Waals surface area contributed by atoms with Gasteiger partial charge in [0, 0.05) is 0 Å². The van der Waals surface area contributed by atoms with Crippen molar-refractivity contribution in [3.8, 4) is 0 Å². The monoisotopic (exact) mass is 280 g/mol. The number of fused-ring (bicyclic) bond motifs is 2. The Labute approximate surface area is 120 Å². The molecule has 2 rings (SSSR count). The zero-order chi connectivity index (χ0) is 14.6. The fourth-order valence-corrected chi connectivity index (χ4v) is 2.97. The van der Waals surface area contributed by atoms with Crippen LogP contribution in [0.15, 0.2) is 12.2 Å². The highest BCUT2D eigenvalue weighted by atomic mass is 16.6. The van der Waals surface area contributed by atoms with Gasteiger partial charge in [0.1, 0.15) is 0 Å². The molecule has 2 heterocycles. The molecule has 2 aliphatic heterocycles. The first kappa shape index (κ1) is 15.2. The van der Waals surface area contributed by atoms with Crippen molar-refractivity contribution in [2.45, 2.75) is 57.7 Å². The standard InChI is InChI=1S/C16H24O4/c1-3-5-6-12(4-2)10-19-15(18)14-9-13-7-8-16(14,11-17)20-13/h7-8,11-14H,3-6,9-10H2,1-2H3. The van der Waals surface area contributed by atoms with Gasteiger partial charge in [-0.15, -0.1) is 0 Å². The summed E-state index contributed by atoms with van der Waals surface area (Å²) in [5.41, 5.74) is -1.06. The van der Waals surface area contributed by atoms with E-state index in [1.807, 2.05) is 6.08 Å². The van der Waals surface area contributed by atoms with Crippen LogP contribution in [0.2, 0.25) is 0 Å². The van der Waals surface area contributed by atoms with Gasteiger partial charge in [0.25, 0.3) is 0 Å². The molecule has 0 aromatic rings. The molecule has 0 amide bonds. The molecule has 0 spiro atoms. The van der Waals surface area contributed by atoms with Gasteiger partial charge in [-0.05, 0) is 24.8 Å². The zero-order valence-corrected chi connectivity index (χ0v) is 12.3. The Balaban J connectivity index is 1.86. The van der Waals surface area contributed by atoms with Gasteiger partial charge in [0.2, 0.25) is 0 Å². The molecular weight excluding hydrogens is 256 g/mol. The first-order chi connectivity index (χ1) is 9.65. The molecule has 112 valence electrons. The maximum atomic E-state index is 12.2. The molecule has 1 fully saturated rings. The fraction of sp³-hybridized carbons (Fsp3) is 0.750. The van der Waals surface area contributed by atoms with Gasteiger partial charge in [0.15, 0.2) is 11.9 Å². The van der Waals surface area contributed by atoms with Crippen molar-refractivity contribution in [2.24, 2.45) is 11.8 Å². The van der Waals surface area contributed by atoms with Crippen LogP contribution in [0.3, 0.4) is 0 Å². The van der Waals surface area contributed by atoms with Crippen molar-refractivity contribution >= 4 is 12.3 Å². The van der Waals surface area contributed by atoms with E-state index in [1.165, 1.54) is 0 Å². The third-order valence-corrected chi connectivity index (χ3v) is 4.41. The van der Waals surface area contributed by atoms with Crippen molar-refractivity contribution in [3.05, 3.63) is 12.2 Å². The number of ether oxygens (including phenoxy) is 2. The Morgan fingerprint density at radius 2 is 2.35 bits per heavy atom. The third-order valence-electron chi connectivity index (χ3n) is 4.41. The summed E-state index contributed by atoms with van der Waals surface area (Å²) in [6.45, 7) is 4.73. The average Bonchev–Trinajstić information content (AvgIpc) is 3.06. The molecule has 4 unspecified atom stereocenters. The molecule has 4 nitrogen and oxygen atoms in total. The molecule has 0 aliphatic carbocycles. The second-order valence-corrected chi connectivity index (χ2v) is 5.82. The lowest BCUT2D eigenvalue weighted by Gasteiger charge is -2.24. The van der Waals surface area contributed by atoms with Gasteiger partial charge in [-0.25, -0.2) is 0 Å². The van der Waals surface area contributed by atoms with Crippen LogP contribution in [-0.4, -0.2) is 30.6 Å². The zero-order valence-electron chi connectivity index (χ0n) is 12.3. The van der Waals surface area contributed by atoms with E-state index in [-0.39, 0.29) is 12.1 Å². The number of esters is 1. The topological polar surface area (TPSA) is 52.6 Å². The summed E-state index contributed by atoms with van der Waals surface area (Å²) in [5.74, 6) is -0.348.